The van der Waals surface area contributed by atoms with Crippen LogP contribution >= 0.6 is 0 Å². The number of ether oxygens (including phenoxy) is 1. The predicted octanol–water partition coefficient (Wildman–Crippen LogP) is 1.95. The van der Waals surface area contributed by atoms with Crippen LogP contribution in [0.3, 0.4) is 0 Å². The Morgan fingerprint density at radius 1 is 1.17 bits per heavy atom. The van der Waals surface area contributed by atoms with Gasteiger partial charge in [-0.2, -0.15) is 0 Å². The number of amides is 1. The molecule has 3 rings (SSSR count). The minimum absolute atomic E-state index is 0.123. The quantitative estimate of drug-likeness (QED) is 0.717. The third kappa shape index (κ3) is 4.84. The summed E-state index contributed by atoms with van der Waals surface area (Å²) in [5, 5.41) is 9.75. The van der Waals surface area contributed by atoms with Crippen molar-refractivity contribution in [2.75, 3.05) is 26.3 Å². The Balaban J connectivity index is 1.86. The average Bonchev–Trinajstić information content (AvgIpc) is 2.77. The molecule has 1 aliphatic rings. The van der Waals surface area contributed by atoms with E-state index >= 15 is 0 Å². The summed E-state index contributed by atoms with van der Waals surface area (Å²) in [6.45, 7) is 2.75. The first-order valence-electron chi connectivity index (χ1n) is 9.66. The smallest absolute Gasteiger partial charge is 0.254 e. The van der Waals surface area contributed by atoms with Crippen molar-refractivity contribution in [2.24, 2.45) is 0 Å². The molecule has 8 heteroatoms. The Morgan fingerprint density at radius 3 is 2.48 bits per heavy atom. The molecule has 1 aliphatic heterocycles. The minimum Gasteiger partial charge on any atom is -0.394 e. The van der Waals surface area contributed by atoms with E-state index in [-0.39, 0.29) is 17.4 Å². The monoisotopic (exact) mass is 418 g/mol. The maximum atomic E-state index is 13.2. The Bertz CT molecular complexity index is 916. The fourth-order valence-electron chi connectivity index (χ4n) is 3.42. The van der Waals surface area contributed by atoms with Crippen molar-refractivity contribution in [1.29, 1.82) is 0 Å². The van der Waals surface area contributed by atoms with Gasteiger partial charge in [-0.1, -0.05) is 37.3 Å². The van der Waals surface area contributed by atoms with Gasteiger partial charge in [0.1, 0.15) is 6.10 Å². The lowest BCUT2D eigenvalue weighted by molar-refractivity contribution is -0.0811. The molecule has 2 atom stereocenters. The molecule has 0 radical (unpaired) electrons. The van der Waals surface area contributed by atoms with Crippen LogP contribution in [0.5, 0.6) is 0 Å². The molecule has 7 nitrogen and oxygen atoms in total. The lowest BCUT2D eigenvalue weighted by Gasteiger charge is -2.41. The first kappa shape index (κ1) is 21.4. The van der Waals surface area contributed by atoms with E-state index in [0.717, 1.165) is 5.56 Å². The summed E-state index contributed by atoms with van der Waals surface area (Å²) >= 11 is 0. The van der Waals surface area contributed by atoms with Gasteiger partial charge < -0.3 is 14.7 Å². The second-order valence-corrected chi connectivity index (χ2v) is 8.63. The summed E-state index contributed by atoms with van der Waals surface area (Å²) in [4.78, 5) is 15.0. The zero-order valence-corrected chi connectivity index (χ0v) is 17.1. The zero-order chi connectivity index (χ0) is 20.9. The topological polar surface area (TPSA) is 95.9 Å². The number of benzene rings is 2. The van der Waals surface area contributed by atoms with Crippen LogP contribution in [0.4, 0.5) is 0 Å². The largest absolute Gasteiger partial charge is 0.394 e. The Morgan fingerprint density at radius 2 is 1.86 bits per heavy atom. The fraction of sp³-hybridized carbons (Fsp3) is 0.381. The molecule has 0 aliphatic carbocycles. The molecule has 0 aromatic heterocycles. The highest BCUT2D eigenvalue weighted by molar-refractivity contribution is 7.89. The number of carbonyl (C=O) groups excluding carboxylic acids is 1. The molecule has 156 valence electrons. The molecule has 1 saturated heterocycles. The molecule has 0 spiro atoms. The highest BCUT2D eigenvalue weighted by Crippen LogP contribution is 2.31. The lowest BCUT2D eigenvalue weighted by atomic mass is 9.97. The van der Waals surface area contributed by atoms with E-state index in [4.69, 9.17) is 4.74 Å². The van der Waals surface area contributed by atoms with E-state index in [9.17, 15) is 18.3 Å². The number of sulfonamides is 1. The van der Waals surface area contributed by atoms with Gasteiger partial charge in [-0.05, 0) is 36.2 Å². The van der Waals surface area contributed by atoms with Crippen molar-refractivity contribution in [2.45, 2.75) is 30.4 Å². The third-order valence-corrected chi connectivity index (χ3v) is 6.36. The van der Waals surface area contributed by atoms with Crippen molar-refractivity contribution in [3.05, 3.63) is 65.7 Å². The van der Waals surface area contributed by atoms with E-state index in [0.29, 0.717) is 31.7 Å². The second kappa shape index (κ2) is 9.49. The number of aliphatic hydroxyl groups excluding tert-OH is 1. The van der Waals surface area contributed by atoms with Gasteiger partial charge in [0.15, 0.2) is 0 Å². The Labute approximate surface area is 171 Å². The van der Waals surface area contributed by atoms with E-state index in [1.165, 1.54) is 24.3 Å². The second-order valence-electron chi connectivity index (χ2n) is 6.87. The molecule has 1 amide bonds. The molecule has 0 bridgehead atoms. The van der Waals surface area contributed by atoms with Crippen molar-refractivity contribution in [1.82, 2.24) is 9.62 Å². The van der Waals surface area contributed by atoms with E-state index < -0.39 is 22.2 Å². The van der Waals surface area contributed by atoms with Gasteiger partial charge in [0.05, 0.1) is 24.2 Å². The molecule has 2 aromatic carbocycles. The summed E-state index contributed by atoms with van der Waals surface area (Å²) < 4.78 is 32.7. The minimum atomic E-state index is -3.58. The van der Waals surface area contributed by atoms with Gasteiger partial charge in [0.2, 0.25) is 10.0 Å². The van der Waals surface area contributed by atoms with Crippen molar-refractivity contribution < 1.29 is 23.1 Å². The van der Waals surface area contributed by atoms with Crippen LogP contribution in [0.1, 0.15) is 35.3 Å². The number of nitrogens with zero attached hydrogens (tertiary/aromatic N) is 1. The van der Waals surface area contributed by atoms with Crippen LogP contribution in [-0.2, 0) is 14.8 Å². The zero-order valence-electron chi connectivity index (χ0n) is 16.3. The molecule has 29 heavy (non-hydrogen) atoms. The summed E-state index contributed by atoms with van der Waals surface area (Å²) in [5.41, 5.74) is 1.27. The van der Waals surface area contributed by atoms with Crippen molar-refractivity contribution in [3.8, 4) is 0 Å². The molecule has 0 unspecified atom stereocenters. The Kier molecular flexibility index (Phi) is 7.02. The van der Waals surface area contributed by atoms with Gasteiger partial charge in [0, 0.05) is 18.7 Å². The number of carbonyl (C=O) groups is 1. The van der Waals surface area contributed by atoms with E-state index in [1.807, 2.05) is 37.3 Å². The van der Waals surface area contributed by atoms with E-state index in [1.54, 1.807) is 4.90 Å². The summed E-state index contributed by atoms with van der Waals surface area (Å²) in [6, 6.07) is 14.9. The van der Waals surface area contributed by atoms with Crippen LogP contribution in [0.2, 0.25) is 0 Å². The van der Waals surface area contributed by atoms with Crippen molar-refractivity contribution in [3.63, 3.8) is 0 Å². The van der Waals surface area contributed by atoms with Crippen LogP contribution in [0, 0.1) is 0 Å². The number of hydrogen-bond acceptors (Lipinski definition) is 5. The van der Waals surface area contributed by atoms with Gasteiger partial charge in [-0.3, -0.25) is 4.79 Å². The van der Waals surface area contributed by atoms with Gasteiger partial charge in [-0.15, -0.1) is 0 Å². The maximum Gasteiger partial charge on any atom is 0.254 e. The number of aliphatic hydroxyl groups is 1. The van der Waals surface area contributed by atoms with Gasteiger partial charge in [0.25, 0.3) is 5.91 Å². The summed E-state index contributed by atoms with van der Waals surface area (Å²) in [6.07, 6.45) is 0.174. The number of rotatable bonds is 7. The molecule has 0 saturated carbocycles. The summed E-state index contributed by atoms with van der Waals surface area (Å²) in [5.74, 6) is -0.230. The highest BCUT2D eigenvalue weighted by Gasteiger charge is 2.36. The summed E-state index contributed by atoms with van der Waals surface area (Å²) in [7, 11) is -3.58. The number of hydrogen-bond donors (Lipinski definition) is 2. The van der Waals surface area contributed by atoms with Crippen LogP contribution in [0.25, 0.3) is 0 Å². The highest BCUT2D eigenvalue weighted by atomic mass is 32.2. The predicted molar refractivity (Wildman–Crippen MR) is 109 cm³/mol. The molecule has 2 aromatic rings. The molecule has 1 fully saturated rings. The van der Waals surface area contributed by atoms with Crippen LogP contribution < -0.4 is 4.72 Å². The van der Waals surface area contributed by atoms with Crippen molar-refractivity contribution >= 4 is 15.9 Å². The average molecular weight is 419 g/mol. The molecule has 2 N–H and O–H groups in total. The van der Waals surface area contributed by atoms with Crippen LogP contribution in [0.15, 0.2) is 59.5 Å². The first-order valence-corrected chi connectivity index (χ1v) is 11.1. The lowest BCUT2D eigenvalue weighted by Crippen LogP contribution is -2.49. The van der Waals surface area contributed by atoms with Gasteiger partial charge >= 0.3 is 0 Å². The third-order valence-electron chi connectivity index (χ3n) is 4.89. The van der Waals surface area contributed by atoms with E-state index in [2.05, 4.69) is 4.72 Å². The molecular formula is C21H26N2O5S. The number of morpholine rings is 1. The van der Waals surface area contributed by atoms with Gasteiger partial charge in [-0.25, -0.2) is 13.1 Å². The maximum absolute atomic E-state index is 13.2. The standard InChI is InChI=1S/C21H26N2O5S/c1-2-12-22-29(26,27)18-10-8-17(9-11-18)21(25)23-13-14-28-19(15-24)20(23)16-6-4-3-5-7-16/h3-11,19-20,22,24H,2,12-15H2,1H3/t19-,20-/m1/s1. The normalized spacial score (nSPS) is 19.9. The van der Waals surface area contributed by atoms with Crippen LogP contribution in [-0.4, -0.2) is 56.7 Å². The molecule has 1 heterocycles. The SMILES string of the molecule is CCCNS(=O)(=O)c1ccc(C(=O)N2CCO[C@H](CO)[C@H]2c2ccccc2)cc1. The fourth-order valence-corrected chi connectivity index (χ4v) is 4.55. The Hall–Kier alpha value is -2.26. The number of nitrogens with one attached hydrogen (secondary N) is 1. The molecular weight excluding hydrogens is 392 g/mol. The first-order chi connectivity index (χ1) is 14.0.